The van der Waals surface area contributed by atoms with Gasteiger partial charge < -0.3 is 15.6 Å². The first-order valence-corrected chi connectivity index (χ1v) is 7.36. The third-order valence-electron chi connectivity index (χ3n) is 3.52. The lowest BCUT2D eigenvalue weighted by molar-refractivity contribution is 0.415. The number of aromatic hydroxyl groups is 1. The second-order valence-electron chi connectivity index (χ2n) is 5.04. The van der Waals surface area contributed by atoms with Crippen molar-refractivity contribution in [2.24, 2.45) is 0 Å². The van der Waals surface area contributed by atoms with E-state index in [-0.39, 0.29) is 11.4 Å². The van der Waals surface area contributed by atoms with Crippen molar-refractivity contribution in [3.63, 3.8) is 0 Å². The van der Waals surface area contributed by atoms with Gasteiger partial charge in [-0.05, 0) is 42.0 Å². The molecule has 1 heterocycles. The first kappa shape index (κ1) is 15.2. The summed E-state index contributed by atoms with van der Waals surface area (Å²) >= 11 is 6.13. The van der Waals surface area contributed by atoms with Crippen LogP contribution in [0, 0.1) is 0 Å². The average molecular weight is 327 g/mol. The van der Waals surface area contributed by atoms with Crippen LogP contribution in [0.4, 0.5) is 5.69 Å². The van der Waals surface area contributed by atoms with Gasteiger partial charge in [0.25, 0.3) is 0 Å². The number of ether oxygens (including phenoxy) is 1. The fraction of sp³-hybridized carbons (Fsp3) is 0.0556. The quantitative estimate of drug-likeness (QED) is 0.554. The fourth-order valence-corrected chi connectivity index (χ4v) is 2.53. The molecule has 2 aromatic carbocycles. The number of nitrogens with two attached hydrogens (primary N) is 1. The van der Waals surface area contributed by atoms with Gasteiger partial charge in [-0.3, -0.25) is 0 Å². The maximum absolute atomic E-state index is 10.1. The number of benzene rings is 2. The zero-order chi connectivity index (χ0) is 16.4. The van der Waals surface area contributed by atoms with E-state index in [1.807, 2.05) is 48.6 Å². The van der Waals surface area contributed by atoms with E-state index in [1.54, 1.807) is 7.11 Å². The molecule has 0 atom stereocenters. The second kappa shape index (κ2) is 6.18. The minimum absolute atomic E-state index is 0.0518. The molecular weight excluding hydrogens is 312 g/mol. The van der Waals surface area contributed by atoms with Crippen LogP contribution >= 0.6 is 11.6 Å². The van der Waals surface area contributed by atoms with Gasteiger partial charge in [-0.2, -0.15) is 0 Å². The van der Waals surface area contributed by atoms with Gasteiger partial charge in [0, 0.05) is 5.39 Å². The number of rotatable bonds is 3. The van der Waals surface area contributed by atoms with Gasteiger partial charge in [-0.15, -0.1) is 0 Å². The molecule has 0 saturated heterocycles. The van der Waals surface area contributed by atoms with E-state index in [4.69, 9.17) is 22.1 Å². The Morgan fingerprint density at radius 2 is 1.87 bits per heavy atom. The Bertz CT molecular complexity index is 890. The summed E-state index contributed by atoms with van der Waals surface area (Å²) in [7, 11) is 1.63. The van der Waals surface area contributed by atoms with E-state index in [0.29, 0.717) is 21.6 Å². The molecule has 3 rings (SSSR count). The van der Waals surface area contributed by atoms with Crippen molar-refractivity contribution in [1.29, 1.82) is 0 Å². The van der Waals surface area contributed by atoms with Gasteiger partial charge in [0.15, 0.2) is 5.75 Å². The van der Waals surface area contributed by atoms with Crippen molar-refractivity contribution < 1.29 is 9.84 Å². The van der Waals surface area contributed by atoms with Crippen molar-refractivity contribution >= 4 is 40.3 Å². The van der Waals surface area contributed by atoms with E-state index in [0.717, 1.165) is 11.3 Å². The number of phenols is 1. The fourth-order valence-electron chi connectivity index (χ4n) is 2.26. The Balaban J connectivity index is 1.96. The highest BCUT2D eigenvalue weighted by atomic mass is 35.5. The Kier molecular flexibility index (Phi) is 4.08. The third kappa shape index (κ3) is 3.07. The number of aromatic nitrogens is 1. The monoisotopic (exact) mass is 326 g/mol. The molecule has 0 radical (unpaired) electrons. The van der Waals surface area contributed by atoms with Crippen LogP contribution in [0.15, 0.2) is 42.5 Å². The Labute approximate surface area is 138 Å². The summed E-state index contributed by atoms with van der Waals surface area (Å²) in [5.41, 5.74) is 8.05. The molecule has 23 heavy (non-hydrogen) atoms. The first-order valence-electron chi connectivity index (χ1n) is 6.98. The lowest BCUT2D eigenvalue weighted by atomic mass is 10.1. The summed E-state index contributed by atoms with van der Waals surface area (Å²) in [4.78, 5) is 4.42. The van der Waals surface area contributed by atoms with Crippen LogP contribution in [-0.4, -0.2) is 17.2 Å². The molecule has 3 N–H and O–H groups in total. The lowest BCUT2D eigenvalue weighted by Crippen LogP contribution is -1.91. The van der Waals surface area contributed by atoms with Crippen molar-refractivity contribution in [2.45, 2.75) is 0 Å². The highest BCUT2D eigenvalue weighted by Gasteiger charge is 2.09. The van der Waals surface area contributed by atoms with E-state index < -0.39 is 0 Å². The highest BCUT2D eigenvalue weighted by Crippen LogP contribution is 2.35. The Hall–Kier alpha value is -2.72. The van der Waals surface area contributed by atoms with Crippen molar-refractivity contribution in [1.82, 2.24) is 4.98 Å². The van der Waals surface area contributed by atoms with Crippen LogP contribution in [0.5, 0.6) is 11.5 Å². The minimum Gasteiger partial charge on any atom is -0.504 e. The van der Waals surface area contributed by atoms with Gasteiger partial charge in [0.1, 0.15) is 11.3 Å². The largest absolute Gasteiger partial charge is 0.504 e. The number of hydrogen-bond donors (Lipinski definition) is 2. The van der Waals surface area contributed by atoms with Crippen LogP contribution in [0.1, 0.15) is 11.3 Å². The van der Waals surface area contributed by atoms with Crippen molar-refractivity contribution in [2.75, 3.05) is 12.8 Å². The summed E-state index contributed by atoms with van der Waals surface area (Å²) in [5, 5.41) is 11.2. The summed E-state index contributed by atoms with van der Waals surface area (Å²) in [6, 6.07) is 12.8. The van der Waals surface area contributed by atoms with Gasteiger partial charge in [0.2, 0.25) is 0 Å². The smallest absolute Gasteiger partial charge is 0.165 e. The van der Waals surface area contributed by atoms with Gasteiger partial charge >= 0.3 is 0 Å². The Morgan fingerprint density at radius 1 is 1.13 bits per heavy atom. The van der Waals surface area contributed by atoms with Crippen LogP contribution in [0.3, 0.4) is 0 Å². The number of hydrogen-bond acceptors (Lipinski definition) is 4. The zero-order valence-corrected chi connectivity index (χ0v) is 13.2. The topological polar surface area (TPSA) is 68.4 Å². The lowest BCUT2D eigenvalue weighted by Gasteiger charge is -2.06. The number of nitrogen functional groups attached to an aromatic ring is 1. The second-order valence-corrected chi connectivity index (χ2v) is 5.44. The molecule has 0 spiro atoms. The molecule has 4 nitrogen and oxygen atoms in total. The highest BCUT2D eigenvalue weighted by molar-refractivity contribution is 6.36. The molecule has 0 amide bonds. The average Bonchev–Trinajstić information content (AvgIpc) is 2.58. The standard InChI is InChI=1S/C18H15ClN2O2/c1-23-13-7-3-11(4-8-13)2-5-12-6-9-14-15(19)10-16(20)18(22)17(14)21-12/h2-10,22H,20H2,1H3/b5-2+. The van der Waals surface area contributed by atoms with Gasteiger partial charge in [-0.1, -0.05) is 29.8 Å². The maximum Gasteiger partial charge on any atom is 0.165 e. The van der Waals surface area contributed by atoms with E-state index >= 15 is 0 Å². The molecule has 0 unspecified atom stereocenters. The predicted molar refractivity (Wildman–Crippen MR) is 94.8 cm³/mol. The maximum atomic E-state index is 10.1. The Morgan fingerprint density at radius 3 is 2.57 bits per heavy atom. The SMILES string of the molecule is COc1ccc(/C=C/c2ccc3c(Cl)cc(N)c(O)c3n2)cc1. The van der Waals surface area contributed by atoms with Crippen LogP contribution in [0.2, 0.25) is 5.02 Å². The first-order chi connectivity index (χ1) is 11.1. The summed E-state index contributed by atoms with van der Waals surface area (Å²) in [6.45, 7) is 0. The number of methoxy groups -OCH3 is 1. The molecule has 1 aromatic heterocycles. The van der Waals surface area contributed by atoms with Crippen LogP contribution < -0.4 is 10.5 Å². The molecule has 0 bridgehead atoms. The number of fused-ring (bicyclic) bond motifs is 1. The summed E-state index contributed by atoms with van der Waals surface area (Å²) in [5.74, 6) is 0.755. The summed E-state index contributed by atoms with van der Waals surface area (Å²) < 4.78 is 5.13. The van der Waals surface area contributed by atoms with Crippen LogP contribution in [0.25, 0.3) is 23.1 Å². The van der Waals surface area contributed by atoms with E-state index in [1.165, 1.54) is 6.07 Å². The summed E-state index contributed by atoms with van der Waals surface area (Å²) in [6.07, 6.45) is 3.79. The van der Waals surface area contributed by atoms with Crippen molar-refractivity contribution in [3.8, 4) is 11.5 Å². The molecule has 0 aliphatic carbocycles. The molecule has 0 aliphatic rings. The number of anilines is 1. The number of pyridine rings is 1. The van der Waals surface area contributed by atoms with Crippen molar-refractivity contribution in [3.05, 3.63) is 58.7 Å². The normalized spacial score (nSPS) is 11.2. The minimum atomic E-state index is -0.0518. The predicted octanol–water partition coefficient (Wildman–Crippen LogP) is 4.36. The molecule has 116 valence electrons. The number of nitrogens with zero attached hydrogens (tertiary/aromatic N) is 1. The number of phenolic OH excluding ortho intramolecular Hbond substituents is 1. The molecular formula is C18H15ClN2O2. The molecule has 0 aliphatic heterocycles. The van der Waals surface area contributed by atoms with E-state index in [9.17, 15) is 5.11 Å². The molecule has 5 heteroatoms. The molecule has 3 aromatic rings. The van der Waals surface area contributed by atoms with E-state index in [2.05, 4.69) is 4.98 Å². The zero-order valence-electron chi connectivity index (χ0n) is 12.5. The van der Waals surface area contributed by atoms with Gasteiger partial charge in [-0.25, -0.2) is 4.98 Å². The third-order valence-corrected chi connectivity index (χ3v) is 3.83. The van der Waals surface area contributed by atoms with Crippen LogP contribution in [-0.2, 0) is 0 Å². The molecule has 0 saturated carbocycles. The molecule has 0 fully saturated rings. The number of halogens is 1. The van der Waals surface area contributed by atoms with Gasteiger partial charge in [0.05, 0.1) is 23.5 Å².